The van der Waals surface area contributed by atoms with Gasteiger partial charge in [-0.25, -0.2) is 8.42 Å². The molecule has 8 heteroatoms. The molecule has 0 heterocycles. The highest BCUT2D eigenvalue weighted by Crippen LogP contribution is 2.12. The predicted octanol–water partition coefficient (Wildman–Crippen LogP) is 0.582. The molecule has 0 unspecified atom stereocenters. The van der Waals surface area contributed by atoms with Crippen molar-refractivity contribution in [2.45, 2.75) is 19.3 Å². The lowest BCUT2D eigenvalue weighted by Gasteiger charge is -2.07. The Morgan fingerprint density at radius 1 is 1.29 bits per heavy atom. The number of benzene rings is 1. The predicted molar refractivity (Wildman–Crippen MR) is 78.5 cm³/mol. The third-order valence-electron chi connectivity index (χ3n) is 2.48. The smallest absolute Gasteiger partial charge is 0.303 e. The zero-order valence-electron chi connectivity index (χ0n) is 11.6. The van der Waals surface area contributed by atoms with Gasteiger partial charge < -0.3 is 10.4 Å². The molecule has 0 bridgehead atoms. The Hall–Kier alpha value is -2.09. The summed E-state index contributed by atoms with van der Waals surface area (Å²) in [6.07, 6.45) is 1.53. The standard InChI is InChI=1S/C13H18N2O5S/c1-21(19,20)15-11-5-2-4-10(8-11)9-12(16)14-7-3-6-13(17)18/h2,4-5,8,15H,3,6-7,9H2,1H3,(H,14,16)(H,17,18). The number of amides is 1. The Morgan fingerprint density at radius 3 is 2.62 bits per heavy atom. The van der Waals surface area contributed by atoms with Crippen LogP contribution < -0.4 is 10.0 Å². The highest BCUT2D eigenvalue weighted by Gasteiger charge is 2.06. The fourth-order valence-electron chi connectivity index (χ4n) is 1.67. The van der Waals surface area contributed by atoms with E-state index in [2.05, 4.69) is 10.0 Å². The third kappa shape index (κ3) is 7.93. The van der Waals surface area contributed by atoms with Gasteiger partial charge in [0, 0.05) is 18.7 Å². The van der Waals surface area contributed by atoms with Crippen molar-refractivity contribution in [3.63, 3.8) is 0 Å². The van der Waals surface area contributed by atoms with Crippen molar-refractivity contribution in [2.24, 2.45) is 0 Å². The number of anilines is 1. The molecule has 0 atom stereocenters. The quantitative estimate of drug-likeness (QED) is 0.608. The van der Waals surface area contributed by atoms with Crippen LogP contribution in [0.4, 0.5) is 5.69 Å². The molecule has 3 N–H and O–H groups in total. The van der Waals surface area contributed by atoms with Crippen molar-refractivity contribution < 1.29 is 23.1 Å². The molecule has 0 radical (unpaired) electrons. The lowest BCUT2D eigenvalue weighted by Crippen LogP contribution is -2.26. The van der Waals surface area contributed by atoms with Crippen LogP contribution in [0.5, 0.6) is 0 Å². The number of carbonyl (C=O) groups excluding carboxylic acids is 1. The maximum Gasteiger partial charge on any atom is 0.303 e. The van der Waals surface area contributed by atoms with Gasteiger partial charge in [-0.05, 0) is 24.1 Å². The average Bonchev–Trinajstić information content (AvgIpc) is 2.32. The molecule has 1 aromatic carbocycles. The van der Waals surface area contributed by atoms with Crippen LogP contribution in [0.25, 0.3) is 0 Å². The van der Waals surface area contributed by atoms with E-state index in [9.17, 15) is 18.0 Å². The number of hydrogen-bond donors (Lipinski definition) is 3. The summed E-state index contributed by atoms with van der Waals surface area (Å²) in [5.41, 5.74) is 1.06. The highest BCUT2D eigenvalue weighted by atomic mass is 32.2. The van der Waals surface area contributed by atoms with Crippen LogP contribution in [0.15, 0.2) is 24.3 Å². The van der Waals surface area contributed by atoms with Crippen LogP contribution in [-0.4, -0.2) is 38.2 Å². The second-order valence-corrected chi connectivity index (χ2v) is 6.35. The summed E-state index contributed by atoms with van der Waals surface area (Å²) in [5, 5.41) is 11.1. The van der Waals surface area contributed by atoms with Crippen molar-refractivity contribution in [3.8, 4) is 0 Å². The van der Waals surface area contributed by atoms with E-state index >= 15 is 0 Å². The maximum absolute atomic E-state index is 11.7. The first-order valence-electron chi connectivity index (χ1n) is 6.31. The van der Waals surface area contributed by atoms with Crippen LogP contribution in [-0.2, 0) is 26.0 Å². The molecule has 1 aromatic rings. The first kappa shape index (κ1) is 17.0. The van der Waals surface area contributed by atoms with E-state index in [1.165, 1.54) is 0 Å². The summed E-state index contributed by atoms with van der Waals surface area (Å²) in [6.45, 7) is 0.298. The molecular formula is C13H18N2O5S. The number of aliphatic carboxylic acids is 1. The molecule has 0 saturated carbocycles. The van der Waals surface area contributed by atoms with E-state index in [1.54, 1.807) is 24.3 Å². The maximum atomic E-state index is 11.7. The fourth-order valence-corrected chi connectivity index (χ4v) is 2.23. The summed E-state index contributed by atoms with van der Waals surface area (Å²) in [6, 6.07) is 6.54. The number of sulfonamides is 1. The Bertz CT molecular complexity index is 613. The van der Waals surface area contributed by atoms with E-state index in [0.29, 0.717) is 24.2 Å². The zero-order valence-corrected chi connectivity index (χ0v) is 12.4. The van der Waals surface area contributed by atoms with Gasteiger partial charge in [0.1, 0.15) is 0 Å². The van der Waals surface area contributed by atoms with E-state index in [4.69, 9.17) is 5.11 Å². The van der Waals surface area contributed by atoms with Crippen LogP contribution in [0, 0.1) is 0 Å². The van der Waals surface area contributed by atoms with Crippen LogP contribution in [0.1, 0.15) is 18.4 Å². The summed E-state index contributed by atoms with van der Waals surface area (Å²) in [5.74, 6) is -1.14. The zero-order chi connectivity index (χ0) is 15.9. The van der Waals surface area contributed by atoms with E-state index in [0.717, 1.165) is 6.26 Å². The van der Waals surface area contributed by atoms with Crippen molar-refractivity contribution in [1.82, 2.24) is 5.32 Å². The largest absolute Gasteiger partial charge is 0.481 e. The third-order valence-corrected chi connectivity index (χ3v) is 3.09. The number of nitrogens with one attached hydrogen (secondary N) is 2. The number of carboxylic acids is 1. The molecule has 7 nitrogen and oxygen atoms in total. The van der Waals surface area contributed by atoms with Crippen LogP contribution >= 0.6 is 0 Å². The number of hydrogen-bond acceptors (Lipinski definition) is 4. The van der Waals surface area contributed by atoms with Crippen LogP contribution in [0.2, 0.25) is 0 Å². The van der Waals surface area contributed by atoms with Crippen molar-refractivity contribution in [2.75, 3.05) is 17.5 Å². The molecule has 21 heavy (non-hydrogen) atoms. The molecule has 1 amide bonds. The molecule has 0 aromatic heterocycles. The van der Waals surface area contributed by atoms with Gasteiger partial charge in [-0.2, -0.15) is 0 Å². The molecule has 0 saturated heterocycles. The topological polar surface area (TPSA) is 113 Å². The Balaban J connectivity index is 2.49. The van der Waals surface area contributed by atoms with Crippen molar-refractivity contribution in [1.29, 1.82) is 0 Å². The summed E-state index contributed by atoms with van der Waals surface area (Å²) in [4.78, 5) is 22.0. The number of carboxylic acid groups (broad SMARTS) is 1. The normalized spacial score (nSPS) is 10.9. The van der Waals surface area contributed by atoms with Gasteiger partial charge in [0.15, 0.2) is 0 Å². The minimum absolute atomic E-state index is 0.00798. The molecule has 0 aliphatic heterocycles. The second kappa shape index (κ2) is 7.63. The minimum atomic E-state index is -3.35. The first-order valence-corrected chi connectivity index (χ1v) is 8.20. The summed E-state index contributed by atoms with van der Waals surface area (Å²) < 4.78 is 24.6. The summed E-state index contributed by atoms with van der Waals surface area (Å²) in [7, 11) is -3.35. The van der Waals surface area contributed by atoms with Gasteiger partial charge in [0.25, 0.3) is 0 Å². The second-order valence-electron chi connectivity index (χ2n) is 4.60. The van der Waals surface area contributed by atoms with Crippen LogP contribution in [0.3, 0.4) is 0 Å². The monoisotopic (exact) mass is 314 g/mol. The average molecular weight is 314 g/mol. The Morgan fingerprint density at radius 2 is 2.00 bits per heavy atom. The number of carbonyl (C=O) groups is 2. The van der Waals surface area contributed by atoms with Gasteiger partial charge in [-0.3, -0.25) is 14.3 Å². The van der Waals surface area contributed by atoms with E-state index < -0.39 is 16.0 Å². The Labute approximate surface area is 123 Å². The molecule has 1 rings (SSSR count). The van der Waals surface area contributed by atoms with Crippen molar-refractivity contribution in [3.05, 3.63) is 29.8 Å². The van der Waals surface area contributed by atoms with Gasteiger partial charge in [0.05, 0.1) is 12.7 Å². The number of rotatable bonds is 8. The first-order chi connectivity index (χ1) is 9.76. The fraction of sp³-hybridized carbons (Fsp3) is 0.385. The van der Waals surface area contributed by atoms with Gasteiger partial charge in [-0.1, -0.05) is 12.1 Å². The molecule has 116 valence electrons. The van der Waals surface area contributed by atoms with Gasteiger partial charge in [0.2, 0.25) is 15.9 Å². The van der Waals surface area contributed by atoms with Crippen molar-refractivity contribution >= 4 is 27.6 Å². The highest BCUT2D eigenvalue weighted by molar-refractivity contribution is 7.92. The summed E-state index contributed by atoms with van der Waals surface area (Å²) >= 11 is 0. The molecule has 0 aliphatic carbocycles. The van der Waals surface area contributed by atoms with E-state index in [1.807, 2.05) is 0 Å². The minimum Gasteiger partial charge on any atom is -0.481 e. The van der Waals surface area contributed by atoms with E-state index in [-0.39, 0.29) is 18.7 Å². The lowest BCUT2D eigenvalue weighted by molar-refractivity contribution is -0.137. The van der Waals surface area contributed by atoms with Gasteiger partial charge >= 0.3 is 5.97 Å². The molecule has 0 fully saturated rings. The Kier molecular flexibility index (Phi) is 6.16. The van der Waals surface area contributed by atoms with Gasteiger partial charge in [-0.15, -0.1) is 0 Å². The molecule has 0 spiro atoms. The molecular weight excluding hydrogens is 296 g/mol. The SMILES string of the molecule is CS(=O)(=O)Nc1cccc(CC(=O)NCCCC(=O)O)c1. The lowest BCUT2D eigenvalue weighted by atomic mass is 10.1. The molecule has 0 aliphatic rings.